The molecule has 0 atom stereocenters. The molecule has 4 N–H and O–H groups in total. The molecule has 4 nitrogen and oxygen atoms in total. The van der Waals surface area contributed by atoms with Crippen molar-refractivity contribution in [1.29, 1.82) is 0 Å². The van der Waals surface area contributed by atoms with Gasteiger partial charge >= 0.3 is 0 Å². The Morgan fingerprint density at radius 3 is 1.89 bits per heavy atom. The molecule has 1 heterocycles. The van der Waals surface area contributed by atoms with Crippen LogP contribution in [0.4, 0.5) is 11.4 Å². The van der Waals surface area contributed by atoms with Crippen molar-refractivity contribution in [2.24, 2.45) is 0 Å². The second-order valence-corrected chi connectivity index (χ2v) is 7.18. The summed E-state index contributed by atoms with van der Waals surface area (Å²) in [6.45, 7) is 0. The SMILES string of the molecule is Nc1ccc(C2(c3ccc(N)cc3)c3ccccc3Cc3nccnc32)cc1. The number of anilines is 2. The fraction of sp³-hybridized carbons (Fsp3) is 0.0833. The van der Waals surface area contributed by atoms with E-state index >= 15 is 0 Å². The molecule has 136 valence electrons. The van der Waals surface area contributed by atoms with Crippen LogP contribution in [0.15, 0.2) is 85.2 Å². The average Bonchev–Trinajstić information content (AvgIpc) is 2.73. The Hall–Kier alpha value is -3.66. The number of hydrogen-bond donors (Lipinski definition) is 2. The number of fused-ring (bicyclic) bond motifs is 2. The molecule has 0 amide bonds. The van der Waals surface area contributed by atoms with Gasteiger partial charge in [0.15, 0.2) is 0 Å². The van der Waals surface area contributed by atoms with E-state index in [2.05, 4.69) is 53.5 Å². The molecule has 0 fully saturated rings. The highest BCUT2D eigenvalue weighted by Crippen LogP contribution is 2.49. The van der Waals surface area contributed by atoms with E-state index in [1.165, 1.54) is 11.1 Å². The summed E-state index contributed by atoms with van der Waals surface area (Å²) in [5.41, 5.74) is 19.6. The first-order chi connectivity index (χ1) is 13.7. The van der Waals surface area contributed by atoms with Gasteiger partial charge < -0.3 is 11.5 Å². The third kappa shape index (κ3) is 2.31. The van der Waals surface area contributed by atoms with Crippen LogP contribution in [0, 0.1) is 0 Å². The van der Waals surface area contributed by atoms with E-state index in [0.29, 0.717) is 0 Å². The molecule has 0 spiro atoms. The van der Waals surface area contributed by atoms with E-state index in [-0.39, 0.29) is 0 Å². The van der Waals surface area contributed by atoms with Crippen LogP contribution in [-0.2, 0) is 11.8 Å². The molecule has 0 saturated heterocycles. The van der Waals surface area contributed by atoms with Crippen LogP contribution in [0.1, 0.15) is 33.6 Å². The number of nitrogens with zero attached hydrogens (tertiary/aromatic N) is 2. The number of rotatable bonds is 2. The Labute approximate surface area is 163 Å². The topological polar surface area (TPSA) is 77.8 Å². The number of nitrogen functional groups attached to an aromatic ring is 2. The Bertz CT molecular complexity index is 1050. The lowest BCUT2D eigenvalue weighted by Crippen LogP contribution is -2.37. The Morgan fingerprint density at radius 1 is 0.679 bits per heavy atom. The molecule has 0 saturated carbocycles. The highest BCUT2D eigenvalue weighted by Gasteiger charge is 2.45. The standard InChI is InChI=1S/C24H20N4/c25-19-9-5-17(6-10-19)24(18-7-11-20(26)12-8-18)21-4-2-1-3-16(21)15-22-23(24)28-14-13-27-22/h1-14H,15,25-26H2. The fourth-order valence-electron chi connectivity index (χ4n) is 4.38. The third-order valence-electron chi connectivity index (χ3n) is 5.60. The highest BCUT2D eigenvalue weighted by atomic mass is 14.8. The molecular weight excluding hydrogens is 344 g/mol. The van der Waals surface area contributed by atoms with Crippen LogP contribution >= 0.6 is 0 Å². The van der Waals surface area contributed by atoms with Gasteiger partial charge in [-0.25, -0.2) is 0 Å². The number of benzene rings is 3. The Kier molecular flexibility index (Phi) is 3.66. The van der Waals surface area contributed by atoms with Gasteiger partial charge in [-0.3, -0.25) is 9.97 Å². The summed E-state index contributed by atoms with van der Waals surface area (Å²) >= 11 is 0. The monoisotopic (exact) mass is 364 g/mol. The highest BCUT2D eigenvalue weighted by molar-refractivity contribution is 5.65. The first-order valence-electron chi connectivity index (χ1n) is 9.30. The van der Waals surface area contributed by atoms with Crippen LogP contribution in [0.25, 0.3) is 0 Å². The van der Waals surface area contributed by atoms with E-state index in [1.807, 2.05) is 24.3 Å². The van der Waals surface area contributed by atoms with E-state index < -0.39 is 5.41 Å². The van der Waals surface area contributed by atoms with Crippen molar-refractivity contribution < 1.29 is 0 Å². The van der Waals surface area contributed by atoms with Crippen LogP contribution in [0.3, 0.4) is 0 Å². The second-order valence-electron chi connectivity index (χ2n) is 7.18. The maximum absolute atomic E-state index is 6.00. The lowest BCUT2D eigenvalue weighted by Gasteiger charge is -2.40. The van der Waals surface area contributed by atoms with Gasteiger partial charge in [-0.15, -0.1) is 0 Å². The van der Waals surface area contributed by atoms with E-state index in [0.717, 1.165) is 40.3 Å². The van der Waals surface area contributed by atoms with Gasteiger partial charge in [-0.05, 0) is 46.5 Å². The molecule has 1 aromatic heterocycles. The molecule has 28 heavy (non-hydrogen) atoms. The largest absolute Gasteiger partial charge is 0.399 e. The zero-order chi connectivity index (χ0) is 19.1. The molecule has 4 aromatic rings. The van der Waals surface area contributed by atoms with Crippen LogP contribution in [0.5, 0.6) is 0 Å². The normalized spacial score (nSPS) is 14.1. The van der Waals surface area contributed by atoms with E-state index in [1.54, 1.807) is 12.4 Å². The summed E-state index contributed by atoms with van der Waals surface area (Å²) in [5.74, 6) is 0. The zero-order valence-corrected chi connectivity index (χ0v) is 15.3. The minimum atomic E-state index is -0.570. The molecule has 0 unspecified atom stereocenters. The quantitative estimate of drug-likeness (QED) is 0.465. The molecule has 0 radical (unpaired) electrons. The van der Waals surface area contributed by atoms with Gasteiger partial charge in [0, 0.05) is 30.2 Å². The van der Waals surface area contributed by atoms with Gasteiger partial charge in [-0.1, -0.05) is 48.5 Å². The summed E-state index contributed by atoms with van der Waals surface area (Å²) < 4.78 is 0. The van der Waals surface area contributed by atoms with E-state index in [9.17, 15) is 0 Å². The lowest BCUT2D eigenvalue weighted by atomic mass is 9.62. The van der Waals surface area contributed by atoms with Crippen molar-refractivity contribution in [3.8, 4) is 0 Å². The Balaban J connectivity index is 1.94. The molecule has 1 aliphatic carbocycles. The van der Waals surface area contributed by atoms with Crippen molar-refractivity contribution in [2.45, 2.75) is 11.8 Å². The lowest BCUT2D eigenvalue weighted by molar-refractivity contribution is 0.660. The molecule has 0 aliphatic heterocycles. The van der Waals surface area contributed by atoms with Crippen molar-refractivity contribution in [3.63, 3.8) is 0 Å². The van der Waals surface area contributed by atoms with Gasteiger partial charge in [0.2, 0.25) is 0 Å². The number of hydrogen-bond acceptors (Lipinski definition) is 4. The summed E-state index contributed by atoms with van der Waals surface area (Å²) in [4.78, 5) is 9.53. The van der Waals surface area contributed by atoms with Crippen molar-refractivity contribution in [3.05, 3.63) is 119 Å². The molecular formula is C24H20N4. The van der Waals surface area contributed by atoms with Crippen LogP contribution in [0.2, 0.25) is 0 Å². The molecule has 5 rings (SSSR count). The summed E-state index contributed by atoms with van der Waals surface area (Å²) in [6.07, 6.45) is 4.31. The molecule has 4 heteroatoms. The summed E-state index contributed by atoms with van der Waals surface area (Å²) in [7, 11) is 0. The zero-order valence-electron chi connectivity index (χ0n) is 15.3. The number of aromatic nitrogens is 2. The van der Waals surface area contributed by atoms with Crippen LogP contribution in [-0.4, -0.2) is 9.97 Å². The van der Waals surface area contributed by atoms with Gasteiger partial charge in [0.1, 0.15) is 0 Å². The summed E-state index contributed by atoms with van der Waals surface area (Å²) in [6, 6.07) is 24.7. The second kappa shape index (κ2) is 6.20. The summed E-state index contributed by atoms with van der Waals surface area (Å²) in [5, 5.41) is 0. The van der Waals surface area contributed by atoms with Gasteiger partial charge in [-0.2, -0.15) is 0 Å². The van der Waals surface area contributed by atoms with Crippen molar-refractivity contribution >= 4 is 11.4 Å². The molecule has 1 aliphatic rings. The maximum Gasteiger partial charge on any atom is 0.0895 e. The molecule has 0 bridgehead atoms. The van der Waals surface area contributed by atoms with Crippen LogP contribution < -0.4 is 11.5 Å². The predicted octanol–water partition coefficient (Wildman–Crippen LogP) is 3.93. The smallest absolute Gasteiger partial charge is 0.0895 e. The minimum absolute atomic E-state index is 0.570. The predicted molar refractivity (Wildman–Crippen MR) is 112 cm³/mol. The van der Waals surface area contributed by atoms with Crippen molar-refractivity contribution in [1.82, 2.24) is 9.97 Å². The Morgan fingerprint density at radius 2 is 1.25 bits per heavy atom. The average molecular weight is 364 g/mol. The fourth-order valence-corrected chi connectivity index (χ4v) is 4.38. The first-order valence-corrected chi connectivity index (χ1v) is 9.30. The van der Waals surface area contributed by atoms with Gasteiger partial charge in [0.25, 0.3) is 0 Å². The third-order valence-corrected chi connectivity index (χ3v) is 5.60. The first kappa shape index (κ1) is 16.5. The maximum atomic E-state index is 6.00. The number of nitrogens with two attached hydrogens (primary N) is 2. The van der Waals surface area contributed by atoms with E-state index in [4.69, 9.17) is 16.5 Å². The molecule has 3 aromatic carbocycles. The minimum Gasteiger partial charge on any atom is -0.399 e. The van der Waals surface area contributed by atoms with Crippen molar-refractivity contribution in [2.75, 3.05) is 11.5 Å². The van der Waals surface area contributed by atoms with Gasteiger partial charge in [0.05, 0.1) is 16.8 Å².